The molecule has 2 bridgehead atoms. The molecule has 0 N–H and O–H groups in total. The van der Waals surface area contributed by atoms with E-state index in [4.69, 9.17) is 0 Å². The third-order valence-corrected chi connectivity index (χ3v) is 8.93. The van der Waals surface area contributed by atoms with Gasteiger partial charge in [-0.1, -0.05) is 100 Å². The van der Waals surface area contributed by atoms with Crippen LogP contribution < -0.4 is 0 Å². The van der Waals surface area contributed by atoms with E-state index in [0.717, 1.165) is 0 Å². The summed E-state index contributed by atoms with van der Waals surface area (Å²) in [5.74, 6) is 1.69. The Balaban J connectivity index is 2.03. The summed E-state index contributed by atoms with van der Waals surface area (Å²) in [7, 11) is 0. The molecule has 1 aromatic rings. The lowest BCUT2D eigenvalue weighted by Gasteiger charge is -2.49. The highest BCUT2D eigenvalue weighted by atomic mass is 79.9. The van der Waals surface area contributed by atoms with Crippen molar-refractivity contribution in [1.82, 2.24) is 0 Å². The fraction of sp³-hybridized carbons (Fsp3) is 0.429. The van der Waals surface area contributed by atoms with Gasteiger partial charge >= 0.3 is 0 Å². The van der Waals surface area contributed by atoms with Gasteiger partial charge in [-0.3, -0.25) is 0 Å². The van der Waals surface area contributed by atoms with Crippen molar-refractivity contribution >= 4 is 63.7 Å². The largest absolute Gasteiger partial charge is 0.0883 e. The molecule has 0 nitrogen and oxygen atoms in total. The minimum atomic E-state index is 0.399. The topological polar surface area (TPSA) is 0 Å². The molecule has 0 aromatic heterocycles. The van der Waals surface area contributed by atoms with E-state index in [2.05, 4.69) is 100 Å². The highest BCUT2D eigenvalue weighted by Crippen LogP contribution is 2.58. The molecule has 0 spiro atoms. The summed E-state index contributed by atoms with van der Waals surface area (Å²) in [6, 6.07) is 10.8. The third-order valence-electron chi connectivity index (χ3n) is 4.01. The predicted molar refractivity (Wildman–Crippen MR) is 91.3 cm³/mol. The molecule has 1 saturated carbocycles. The number of halogens is 4. The van der Waals surface area contributed by atoms with E-state index in [0.29, 0.717) is 32.2 Å². The first-order valence-corrected chi connectivity index (χ1v) is 9.49. The van der Waals surface area contributed by atoms with Gasteiger partial charge in [0.25, 0.3) is 0 Å². The van der Waals surface area contributed by atoms with Gasteiger partial charge in [0.05, 0.1) is 4.83 Å². The first-order chi connectivity index (χ1) is 8.61. The molecule has 96 valence electrons. The Morgan fingerprint density at radius 2 is 1.44 bits per heavy atom. The minimum absolute atomic E-state index is 0.399. The second kappa shape index (κ2) is 5.34. The summed E-state index contributed by atoms with van der Waals surface area (Å²) in [5.41, 5.74) is 1.40. The zero-order chi connectivity index (χ0) is 12.9. The molecule has 3 aliphatic carbocycles. The first-order valence-electron chi connectivity index (χ1n) is 5.95. The van der Waals surface area contributed by atoms with Gasteiger partial charge in [0.1, 0.15) is 0 Å². The number of allylic oxidation sites excluding steroid dienone is 2. The molecule has 4 atom stereocenters. The van der Waals surface area contributed by atoms with Crippen molar-refractivity contribution in [2.45, 2.75) is 20.4 Å². The maximum atomic E-state index is 3.89. The van der Waals surface area contributed by atoms with Crippen molar-refractivity contribution in [3.63, 3.8) is 0 Å². The summed E-state index contributed by atoms with van der Waals surface area (Å²) in [4.78, 5) is 1.52. The molecule has 0 radical (unpaired) electrons. The van der Waals surface area contributed by atoms with Gasteiger partial charge < -0.3 is 0 Å². The average Bonchev–Trinajstić information content (AvgIpc) is 2.54. The number of alkyl halides is 3. The van der Waals surface area contributed by atoms with Crippen LogP contribution in [0.1, 0.15) is 11.5 Å². The molecule has 3 aliphatic rings. The van der Waals surface area contributed by atoms with Crippen molar-refractivity contribution in [1.29, 1.82) is 0 Å². The SMILES string of the molecule is BrC1=CC(c2ccccc2)C2C(Br)C(C1Br)C2Br. The summed E-state index contributed by atoms with van der Waals surface area (Å²) in [5, 5.41) is 0. The molecule has 4 heteroatoms. The van der Waals surface area contributed by atoms with Crippen LogP contribution in [0.4, 0.5) is 0 Å². The Morgan fingerprint density at radius 3 is 2.06 bits per heavy atom. The number of hydrogen-bond donors (Lipinski definition) is 0. The third kappa shape index (κ3) is 2.11. The summed E-state index contributed by atoms with van der Waals surface area (Å²) < 4.78 is 1.27. The molecule has 4 unspecified atom stereocenters. The monoisotopic (exact) mass is 496 g/mol. The van der Waals surface area contributed by atoms with Crippen LogP contribution in [0, 0.1) is 11.8 Å². The maximum Gasteiger partial charge on any atom is 0.0508 e. The van der Waals surface area contributed by atoms with E-state index in [1.807, 2.05) is 0 Å². The molecule has 18 heavy (non-hydrogen) atoms. The highest BCUT2D eigenvalue weighted by molar-refractivity contribution is 9.14. The van der Waals surface area contributed by atoms with Crippen LogP contribution in [-0.4, -0.2) is 14.5 Å². The normalized spacial score (nSPS) is 42.8. The van der Waals surface area contributed by atoms with Crippen molar-refractivity contribution in [2.24, 2.45) is 11.8 Å². The van der Waals surface area contributed by atoms with Crippen LogP contribution in [0.15, 0.2) is 40.9 Å². The fourth-order valence-electron chi connectivity index (χ4n) is 2.99. The van der Waals surface area contributed by atoms with Gasteiger partial charge in [0.2, 0.25) is 0 Å². The number of fused-ring (bicyclic) bond motifs is 2. The van der Waals surface area contributed by atoms with Crippen LogP contribution in [0.3, 0.4) is 0 Å². The Hall–Kier alpha value is 0.880. The molecular weight excluding hydrogens is 488 g/mol. The van der Waals surface area contributed by atoms with E-state index in [-0.39, 0.29) is 0 Å². The van der Waals surface area contributed by atoms with Crippen LogP contribution in [0.2, 0.25) is 0 Å². The zero-order valence-electron chi connectivity index (χ0n) is 9.44. The highest BCUT2D eigenvalue weighted by Gasteiger charge is 2.55. The molecule has 0 heterocycles. The molecule has 1 aromatic carbocycles. The Labute approximate surface area is 141 Å². The van der Waals surface area contributed by atoms with Gasteiger partial charge in [0, 0.05) is 26.0 Å². The van der Waals surface area contributed by atoms with Crippen molar-refractivity contribution in [3.05, 3.63) is 46.5 Å². The van der Waals surface area contributed by atoms with Crippen molar-refractivity contribution < 1.29 is 0 Å². The van der Waals surface area contributed by atoms with Crippen LogP contribution in [0.5, 0.6) is 0 Å². The van der Waals surface area contributed by atoms with Gasteiger partial charge in [-0.2, -0.15) is 0 Å². The maximum absolute atomic E-state index is 3.89. The predicted octanol–water partition coefficient (Wildman–Crippen LogP) is 5.60. The Kier molecular flexibility index (Phi) is 4.11. The average molecular weight is 500 g/mol. The smallest absolute Gasteiger partial charge is 0.0508 e. The lowest BCUT2D eigenvalue weighted by molar-refractivity contribution is 0.233. The van der Waals surface area contributed by atoms with E-state index in [1.54, 1.807) is 0 Å². The zero-order valence-corrected chi connectivity index (χ0v) is 15.8. The number of hydrogen-bond acceptors (Lipinski definition) is 0. The van der Waals surface area contributed by atoms with Gasteiger partial charge in [-0.15, -0.1) is 0 Å². The Bertz CT molecular complexity index is 460. The summed E-state index contributed by atoms with van der Waals surface area (Å²) in [6.07, 6.45) is 2.37. The van der Waals surface area contributed by atoms with Crippen LogP contribution >= 0.6 is 63.7 Å². The minimum Gasteiger partial charge on any atom is -0.0883 e. The van der Waals surface area contributed by atoms with E-state index < -0.39 is 0 Å². The second-order valence-electron chi connectivity index (χ2n) is 4.93. The lowest BCUT2D eigenvalue weighted by Crippen LogP contribution is -2.53. The van der Waals surface area contributed by atoms with Crippen molar-refractivity contribution in [2.75, 3.05) is 0 Å². The van der Waals surface area contributed by atoms with Crippen molar-refractivity contribution in [3.8, 4) is 0 Å². The van der Waals surface area contributed by atoms with E-state index in [1.165, 1.54) is 10.0 Å². The molecule has 0 aliphatic heterocycles. The van der Waals surface area contributed by atoms with Gasteiger partial charge in [0.15, 0.2) is 0 Å². The molecule has 0 amide bonds. The standard InChI is InChI=1S/C14H12Br4/c15-9-6-8(7-4-2-1-3-5-7)10-13(17)11(12(9)16)14(10)18/h1-6,8,10-14H. The van der Waals surface area contributed by atoms with E-state index >= 15 is 0 Å². The summed E-state index contributed by atoms with van der Waals surface area (Å²) >= 11 is 15.3. The molecule has 0 saturated heterocycles. The van der Waals surface area contributed by atoms with Crippen LogP contribution in [0.25, 0.3) is 0 Å². The Morgan fingerprint density at radius 1 is 0.833 bits per heavy atom. The fourth-order valence-corrected chi connectivity index (χ4v) is 8.61. The number of benzene rings is 1. The number of rotatable bonds is 1. The first kappa shape index (κ1) is 13.8. The van der Waals surface area contributed by atoms with E-state index in [9.17, 15) is 0 Å². The molecule has 4 rings (SSSR count). The second-order valence-corrected chi connectivity index (χ2v) is 8.95. The van der Waals surface area contributed by atoms with Crippen LogP contribution in [-0.2, 0) is 0 Å². The lowest BCUT2D eigenvalue weighted by atomic mass is 9.67. The quantitative estimate of drug-likeness (QED) is 0.441. The van der Waals surface area contributed by atoms with Gasteiger partial charge in [-0.05, 0) is 11.5 Å². The molecule has 1 fully saturated rings. The van der Waals surface area contributed by atoms with Gasteiger partial charge in [-0.25, -0.2) is 0 Å². The molecular formula is C14H12Br4. The summed E-state index contributed by atoms with van der Waals surface area (Å²) in [6.45, 7) is 0.